The van der Waals surface area contributed by atoms with Gasteiger partial charge in [0.25, 0.3) is 0 Å². The average Bonchev–Trinajstić information content (AvgIpc) is 2.53. The Morgan fingerprint density at radius 3 is 2.57 bits per heavy atom. The van der Waals surface area contributed by atoms with E-state index in [-0.39, 0.29) is 0 Å². The van der Waals surface area contributed by atoms with Crippen LogP contribution in [0.25, 0.3) is 10.9 Å². The van der Waals surface area contributed by atoms with Gasteiger partial charge in [-0.2, -0.15) is 0 Å². The molecule has 0 saturated heterocycles. The van der Waals surface area contributed by atoms with Gasteiger partial charge in [-0.1, -0.05) is 48.0 Å². The fourth-order valence-electron chi connectivity index (χ4n) is 2.55. The monoisotopic (exact) mass is 276 g/mol. The van der Waals surface area contributed by atoms with Gasteiger partial charge in [0, 0.05) is 24.2 Å². The minimum absolute atomic E-state index is 0.331. The summed E-state index contributed by atoms with van der Waals surface area (Å²) in [5, 5.41) is 4.82. The summed E-state index contributed by atoms with van der Waals surface area (Å²) in [6.45, 7) is 5.16. The van der Waals surface area contributed by atoms with Crippen molar-refractivity contribution in [3.63, 3.8) is 0 Å². The first-order valence-electron chi connectivity index (χ1n) is 7.36. The van der Waals surface area contributed by atoms with Gasteiger partial charge in [0.1, 0.15) is 0 Å². The van der Waals surface area contributed by atoms with Gasteiger partial charge in [0.15, 0.2) is 0 Å². The number of hydrogen-bond acceptors (Lipinski definition) is 2. The second kappa shape index (κ2) is 6.06. The van der Waals surface area contributed by atoms with Gasteiger partial charge in [-0.25, -0.2) is 0 Å². The van der Waals surface area contributed by atoms with Gasteiger partial charge in [0.2, 0.25) is 0 Å². The molecule has 0 aliphatic rings. The lowest BCUT2D eigenvalue weighted by Crippen LogP contribution is -2.18. The highest BCUT2D eigenvalue weighted by Crippen LogP contribution is 2.18. The third-order valence-corrected chi connectivity index (χ3v) is 3.92. The van der Waals surface area contributed by atoms with Crippen LogP contribution < -0.4 is 5.32 Å². The standard InChI is InChI=1S/C19H20N2/c1-14-7-9-16(10-8-14)15(2)21-13-17-11-12-20-19-6-4-3-5-18(17)19/h3-12,15,21H,13H2,1-2H3. The fourth-order valence-corrected chi connectivity index (χ4v) is 2.55. The Kier molecular flexibility index (Phi) is 3.98. The topological polar surface area (TPSA) is 24.9 Å². The number of pyridine rings is 1. The lowest BCUT2D eigenvalue weighted by atomic mass is 10.1. The van der Waals surface area contributed by atoms with Crippen molar-refractivity contribution in [1.29, 1.82) is 0 Å². The molecule has 2 nitrogen and oxygen atoms in total. The third-order valence-electron chi connectivity index (χ3n) is 3.92. The molecule has 2 aromatic carbocycles. The molecular formula is C19H20N2. The molecule has 1 heterocycles. The summed E-state index contributed by atoms with van der Waals surface area (Å²) < 4.78 is 0. The van der Waals surface area contributed by atoms with Gasteiger partial charge < -0.3 is 5.32 Å². The Labute approximate surface area is 125 Å². The van der Waals surface area contributed by atoms with Crippen molar-refractivity contribution in [3.05, 3.63) is 77.5 Å². The van der Waals surface area contributed by atoms with Crippen molar-refractivity contribution in [3.8, 4) is 0 Å². The van der Waals surface area contributed by atoms with Crippen LogP contribution in [0.3, 0.4) is 0 Å². The Bertz CT molecular complexity index is 727. The van der Waals surface area contributed by atoms with Crippen LogP contribution in [0, 0.1) is 6.92 Å². The lowest BCUT2D eigenvalue weighted by molar-refractivity contribution is 0.576. The molecule has 0 bridgehead atoms. The molecule has 21 heavy (non-hydrogen) atoms. The van der Waals surface area contributed by atoms with E-state index in [0.717, 1.165) is 12.1 Å². The Balaban J connectivity index is 1.76. The van der Waals surface area contributed by atoms with E-state index in [1.165, 1.54) is 22.1 Å². The minimum Gasteiger partial charge on any atom is -0.306 e. The first-order valence-corrected chi connectivity index (χ1v) is 7.36. The van der Waals surface area contributed by atoms with Crippen molar-refractivity contribution in [1.82, 2.24) is 10.3 Å². The molecule has 0 spiro atoms. The summed E-state index contributed by atoms with van der Waals surface area (Å²) in [6, 6.07) is 19.4. The maximum Gasteiger partial charge on any atom is 0.0705 e. The molecule has 0 saturated carbocycles. The van der Waals surface area contributed by atoms with Crippen LogP contribution >= 0.6 is 0 Å². The highest BCUT2D eigenvalue weighted by molar-refractivity contribution is 5.81. The lowest BCUT2D eigenvalue weighted by Gasteiger charge is -2.15. The van der Waals surface area contributed by atoms with Crippen molar-refractivity contribution in [2.45, 2.75) is 26.4 Å². The maximum atomic E-state index is 4.41. The predicted molar refractivity (Wildman–Crippen MR) is 88.2 cm³/mol. The van der Waals surface area contributed by atoms with E-state index in [0.29, 0.717) is 6.04 Å². The Morgan fingerprint density at radius 2 is 1.76 bits per heavy atom. The molecule has 3 aromatic rings. The second-order valence-corrected chi connectivity index (χ2v) is 5.50. The molecule has 0 aliphatic heterocycles. The van der Waals surface area contributed by atoms with Gasteiger partial charge in [0.05, 0.1) is 5.52 Å². The van der Waals surface area contributed by atoms with E-state index in [9.17, 15) is 0 Å². The number of aromatic nitrogens is 1. The van der Waals surface area contributed by atoms with Crippen LogP contribution in [0.2, 0.25) is 0 Å². The van der Waals surface area contributed by atoms with E-state index in [1.54, 1.807) is 0 Å². The predicted octanol–water partition coefficient (Wildman–Crippen LogP) is 4.39. The van der Waals surface area contributed by atoms with E-state index in [2.05, 4.69) is 72.7 Å². The molecule has 0 fully saturated rings. The molecule has 3 rings (SSSR count). The summed E-state index contributed by atoms with van der Waals surface area (Å²) in [7, 11) is 0. The summed E-state index contributed by atoms with van der Waals surface area (Å²) >= 11 is 0. The Hall–Kier alpha value is -2.19. The molecule has 1 unspecified atom stereocenters. The van der Waals surface area contributed by atoms with E-state index < -0.39 is 0 Å². The van der Waals surface area contributed by atoms with Crippen molar-refractivity contribution in [2.75, 3.05) is 0 Å². The average molecular weight is 276 g/mol. The van der Waals surface area contributed by atoms with Gasteiger partial charge in [-0.3, -0.25) is 4.98 Å². The number of nitrogens with one attached hydrogen (secondary N) is 1. The van der Waals surface area contributed by atoms with Crippen molar-refractivity contribution < 1.29 is 0 Å². The molecule has 0 aliphatic carbocycles. The minimum atomic E-state index is 0.331. The molecular weight excluding hydrogens is 256 g/mol. The van der Waals surface area contributed by atoms with Gasteiger partial charge in [-0.05, 0) is 37.1 Å². The van der Waals surface area contributed by atoms with E-state index in [1.807, 2.05) is 12.3 Å². The summed E-state index contributed by atoms with van der Waals surface area (Å²) in [6.07, 6.45) is 1.88. The quantitative estimate of drug-likeness (QED) is 0.764. The normalized spacial score (nSPS) is 12.5. The highest BCUT2D eigenvalue weighted by atomic mass is 14.9. The third kappa shape index (κ3) is 3.11. The molecule has 106 valence electrons. The summed E-state index contributed by atoms with van der Waals surface area (Å²) in [5.41, 5.74) is 4.96. The molecule has 0 amide bonds. The zero-order chi connectivity index (χ0) is 14.7. The number of aryl methyl sites for hydroxylation is 1. The van der Waals surface area contributed by atoms with Crippen LogP contribution in [-0.4, -0.2) is 4.98 Å². The van der Waals surface area contributed by atoms with Gasteiger partial charge in [-0.15, -0.1) is 0 Å². The highest BCUT2D eigenvalue weighted by Gasteiger charge is 2.06. The summed E-state index contributed by atoms with van der Waals surface area (Å²) in [4.78, 5) is 4.41. The molecule has 1 N–H and O–H groups in total. The van der Waals surface area contributed by atoms with Crippen LogP contribution in [0.15, 0.2) is 60.8 Å². The molecule has 1 aromatic heterocycles. The number of hydrogen-bond donors (Lipinski definition) is 1. The van der Waals surface area contributed by atoms with Crippen molar-refractivity contribution >= 4 is 10.9 Å². The Morgan fingerprint density at radius 1 is 1.00 bits per heavy atom. The number of rotatable bonds is 4. The second-order valence-electron chi connectivity index (χ2n) is 5.50. The number of nitrogens with zero attached hydrogens (tertiary/aromatic N) is 1. The van der Waals surface area contributed by atoms with Crippen LogP contribution in [-0.2, 0) is 6.54 Å². The molecule has 2 heteroatoms. The number of fused-ring (bicyclic) bond motifs is 1. The van der Waals surface area contributed by atoms with E-state index in [4.69, 9.17) is 0 Å². The largest absolute Gasteiger partial charge is 0.306 e. The van der Waals surface area contributed by atoms with Crippen LogP contribution in [0.1, 0.15) is 29.7 Å². The maximum absolute atomic E-state index is 4.41. The number of para-hydroxylation sites is 1. The number of benzene rings is 2. The molecule has 0 radical (unpaired) electrons. The van der Waals surface area contributed by atoms with Crippen LogP contribution in [0.5, 0.6) is 0 Å². The van der Waals surface area contributed by atoms with Crippen molar-refractivity contribution in [2.24, 2.45) is 0 Å². The zero-order valence-electron chi connectivity index (χ0n) is 12.5. The SMILES string of the molecule is Cc1ccc(C(C)NCc2ccnc3ccccc23)cc1. The van der Waals surface area contributed by atoms with Gasteiger partial charge >= 0.3 is 0 Å². The zero-order valence-corrected chi connectivity index (χ0v) is 12.5. The summed E-state index contributed by atoms with van der Waals surface area (Å²) in [5.74, 6) is 0. The molecule has 1 atom stereocenters. The van der Waals surface area contributed by atoms with Crippen LogP contribution in [0.4, 0.5) is 0 Å². The first kappa shape index (κ1) is 13.8. The fraction of sp³-hybridized carbons (Fsp3) is 0.211. The first-order chi connectivity index (χ1) is 10.2. The van der Waals surface area contributed by atoms with E-state index >= 15 is 0 Å². The smallest absolute Gasteiger partial charge is 0.0705 e.